The number of benzene rings is 4. The third-order valence-corrected chi connectivity index (χ3v) is 5.28. The van der Waals surface area contributed by atoms with E-state index in [9.17, 15) is 8.78 Å². The molecule has 146 valence electrons. The Morgan fingerprint density at radius 1 is 0.833 bits per heavy atom. The van der Waals surface area contributed by atoms with E-state index in [0.29, 0.717) is 21.9 Å². The van der Waals surface area contributed by atoms with Crippen molar-refractivity contribution in [2.24, 2.45) is 0 Å². The van der Waals surface area contributed by atoms with E-state index in [2.05, 4.69) is 18.7 Å². The second-order valence-corrected chi connectivity index (χ2v) is 7.19. The first-order valence-electron chi connectivity index (χ1n) is 9.73. The second-order valence-electron chi connectivity index (χ2n) is 7.19. The first-order chi connectivity index (χ1) is 14.6. The van der Waals surface area contributed by atoms with E-state index in [-0.39, 0.29) is 11.4 Å². The Balaban J connectivity index is 1.66. The van der Waals surface area contributed by atoms with Crippen molar-refractivity contribution in [3.05, 3.63) is 108 Å². The van der Waals surface area contributed by atoms with Gasteiger partial charge in [-0.2, -0.15) is 5.26 Å². The number of hydrogen-bond acceptors (Lipinski definition) is 1. The number of aryl methyl sites for hydroxylation is 1. The highest BCUT2D eigenvalue weighted by Gasteiger charge is 2.11. The van der Waals surface area contributed by atoms with Crippen LogP contribution in [0.25, 0.3) is 33.0 Å². The van der Waals surface area contributed by atoms with Gasteiger partial charge in [-0.1, -0.05) is 60.7 Å². The predicted molar refractivity (Wildman–Crippen MR) is 118 cm³/mol. The minimum absolute atomic E-state index is 0.00120. The van der Waals surface area contributed by atoms with Crippen molar-refractivity contribution in [1.29, 1.82) is 5.26 Å². The summed E-state index contributed by atoms with van der Waals surface area (Å²) in [6, 6.07) is 23.2. The van der Waals surface area contributed by atoms with E-state index in [1.807, 2.05) is 30.3 Å². The van der Waals surface area contributed by atoms with Crippen LogP contribution < -0.4 is 0 Å². The molecular formula is C27H19F2N. The maximum absolute atomic E-state index is 14.9. The van der Waals surface area contributed by atoms with Crippen LogP contribution >= 0.6 is 0 Å². The molecule has 0 fully saturated rings. The first-order valence-corrected chi connectivity index (χ1v) is 9.73. The number of hydrogen-bond donors (Lipinski definition) is 0. The fourth-order valence-electron chi connectivity index (χ4n) is 3.61. The predicted octanol–water partition coefficient (Wildman–Crippen LogP) is 7.44. The summed E-state index contributed by atoms with van der Waals surface area (Å²) in [4.78, 5) is 0. The molecule has 3 heteroatoms. The lowest BCUT2D eigenvalue weighted by Gasteiger charge is -2.09. The lowest BCUT2D eigenvalue weighted by Crippen LogP contribution is -1.90. The van der Waals surface area contributed by atoms with Crippen molar-refractivity contribution in [2.45, 2.75) is 12.8 Å². The highest BCUT2D eigenvalue weighted by atomic mass is 19.1. The Morgan fingerprint density at radius 2 is 1.57 bits per heavy atom. The molecule has 0 N–H and O–H groups in total. The molecular weight excluding hydrogens is 376 g/mol. The van der Waals surface area contributed by atoms with E-state index in [0.717, 1.165) is 24.0 Å². The molecule has 1 nitrogen and oxygen atoms in total. The van der Waals surface area contributed by atoms with Gasteiger partial charge in [0.15, 0.2) is 0 Å². The number of halogens is 2. The SMILES string of the molecule is C=CCCc1ccc(-c2ccc(-c3ccc4c(F)c(C#N)ccc4c3)c(F)c2)cc1. The summed E-state index contributed by atoms with van der Waals surface area (Å²) in [5, 5.41) is 9.96. The smallest absolute Gasteiger partial charge is 0.148 e. The molecule has 0 aromatic heterocycles. The van der Waals surface area contributed by atoms with Crippen LogP contribution in [-0.4, -0.2) is 0 Å². The normalized spacial score (nSPS) is 10.7. The molecule has 0 aliphatic rings. The standard InChI is InChI=1S/C27H19F2N/c1-2-3-4-18-5-7-19(8-6-18)20-11-13-24(26(28)16-20)21-12-14-25-22(15-21)9-10-23(17-30)27(25)29/h2,5-16H,1,3-4H2. The Bertz CT molecular complexity index is 1280. The Kier molecular flexibility index (Phi) is 5.41. The van der Waals surface area contributed by atoms with Crippen molar-refractivity contribution in [3.8, 4) is 28.3 Å². The van der Waals surface area contributed by atoms with Crippen LogP contribution in [0.2, 0.25) is 0 Å². The summed E-state index contributed by atoms with van der Waals surface area (Å²) in [6.07, 6.45) is 3.76. The van der Waals surface area contributed by atoms with Gasteiger partial charge >= 0.3 is 0 Å². The fourth-order valence-corrected chi connectivity index (χ4v) is 3.61. The summed E-state index contributed by atoms with van der Waals surface area (Å²) < 4.78 is 29.3. The monoisotopic (exact) mass is 395 g/mol. The topological polar surface area (TPSA) is 23.8 Å². The number of allylic oxidation sites excluding steroid dienone is 1. The molecule has 4 rings (SSSR count). The van der Waals surface area contributed by atoms with Crippen molar-refractivity contribution in [1.82, 2.24) is 0 Å². The highest BCUT2D eigenvalue weighted by molar-refractivity contribution is 5.89. The largest absolute Gasteiger partial charge is 0.206 e. The van der Waals surface area contributed by atoms with Crippen LogP contribution in [0, 0.1) is 23.0 Å². The van der Waals surface area contributed by atoms with Gasteiger partial charge in [-0.15, -0.1) is 6.58 Å². The van der Waals surface area contributed by atoms with Gasteiger partial charge in [0, 0.05) is 10.9 Å². The lowest BCUT2D eigenvalue weighted by molar-refractivity contribution is 0.632. The summed E-state index contributed by atoms with van der Waals surface area (Å²) in [7, 11) is 0. The van der Waals surface area contributed by atoms with E-state index < -0.39 is 5.82 Å². The third kappa shape index (κ3) is 3.73. The van der Waals surface area contributed by atoms with Crippen LogP contribution in [0.4, 0.5) is 8.78 Å². The third-order valence-electron chi connectivity index (χ3n) is 5.28. The van der Waals surface area contributed by atoms with E-state index in [4.69, 9.17) is 5.26 Å². The van der Waals surface area contributed by atoms with Gasteiger partial charge in [0.05, 0.1) is 5.56 Å². The minimum Gasteiger partial charge on any atom is -0.206 e. The molecule has 0 saturated heterocycles. The number of nitriles is 1. The Hall–Kier alpha value is -3.77. The van der Waals surface area contributed by atoms with Crippen molar-refractivity contribution < 1.29 is 8.78 Å². The molecule has 0 unspecified atom stereocenters. The molecule has 0 aliphatic carbocycles. The van der Waals surface area contributed by atoms with Crippen LogP contribution in [-0.2, 0) is 6.42 Å². The zero-order valence-corrected chi connectivity index (χ0v) is 16.3. The van der Waals surface area contributed by atoms with Crippen molar-refractivity contribution in [2.75, 3.05) is 0 Å². The van der Waals surface area contributed by atoms with Crippen LogP contribution in [0.3, 0.4) is 0 Å². The maximum Gasteiger partial charge on any atom is 0.148 e. The average molecular weight is 395 g/mol. The second kappa shape index (κ2) is 8.31. The van der Waals surface area contributed by atoms with Gasteiger partial charge in [0.2, 0.25) is 0 Å². The fraction of sp³-hybridized carbons (Fsp3) is 0.0741. The summed E-state index contributed by atoms with van der Waals surface area (Å²) in [5.41, 5.74) is 4.09. The lowest BCUT2D eigenvalue weighted by atomic mass is 9.96. The first kappa shape index (κ1) is 19.5. The molecule has 0 heterocycles. The summed E-state index contributed by atoms with van der Waals surface area (Å²) in [6.45, 7) is 3.74. The number of rotatable bonds is 5. The number of fused-ring (bicyclic) bond motifs is 1. The molecule has 4 aromatic rings. The molecule has 0 atom stereocenters. The molecule has 0 aliphatic heterocycles. The molecule has 0 radical (unpaired) electrons. The summed E-state index contributed by atoms with van der Waals surface area (Å²) in [5.74, 6) is -0.884. The van der Waals surface area contributed by atoms with Gasteiger partial charge in [0.1, 0.15) is 17.7 Å². The molecule has 0 spiro atoms. The zero-order valence-electron chi connectivity index (χ0n) is 16.3. The number of nitrogens with zero attached hydrogens (tertiary/aromatic N) is 1. The van der Waals surface area contributed by atoms with E-state index >= 15 is 0 Å². The summed E-state index contributed by atoms with van der Waals surface area (Å²) >= 11 is 0. The Morgan fingerprint density at radius 3 is 2.27 bits per heavy atom. The van der Waals surface area contributed by atoms with E-state index in [1.165, 1.54) is 17.7 Å². The average Bonchev–Trinajstić information content (AvgIpc) is 2.78. The van der Waals surface area contributed by atoms with Crippen LogP contribution in [0.15, 0.2) is 85.5 Å². The molecule has 0 saturated carbocycles. The maximum atomic E-state index is 14.9. The Labute approximate surface area is 174 Å². The van der Waals surface area contributed by atoms with Gasteiger partial charge in [-0.05, 0) is 58.7 Å². The van der Waals surface area contributed by atoms with Gasteiger partial charge in [-0.25, -0.2) is 8.78 Å². The quantitative estimate of drug-likeness (QED) is 0.322. The zero-order chi connectivity index (χ0) is 21.1. The molecule has 0 bridgehead atoms. The highest BCUT2D eigenvalue weighted by Crippen LogP contribution is 2.31. The van der Waals surface area contributed by atoms with E-state index in [1.54, 1.807) is 30.3 Å². The molecule has 4 aromatic carbocycles. The van der Waals surface area contributed by atoms with Crippen LogP contribution in [0.5, 0.6) is 0 Å². The van der Waals surface area contributed by atoms with Gasteiger partial charge < -0.3 is 0 Å². The van der Waals surface area contributed by atoms with Gasteiger partial charge in [0.25, 0.3) is 0 Å². The molecule has 0 amide bonds. The van der Waals surface area contributed by atoms with Gasteiger partial charge in [-0.3, -0.25) is 0 Å². The van der Waals surface area contributed by atoms with Crippen molar-refractivity contribution in [3.63, 3.8) is 0 Å². The minimum atomic E-state index is -0.547. The molecule has 30 heavy (non-hydrogen) atoms. The van der Waals surface area contributed by atoms with Crippen LogP contribution in [0.1, 0.15) is 17.5 Å². The van der Waals surface area contributed by atoms with Crippen molar-refractivity contribution >= 4 is 10.8 Å².